The first-order valence-electron chi connectivity index (χ1n) is 7.12. The van der Waals surface area contributed by atoms with Crippen molar-refractivity contribution in [2.75, 3.05) is 13.1 Å². The molecule has 0 aromatic carbocycles. The molecule has 98 valence electrons. The molecule has 0 spiro atoms. The summed E-state index contributed by atoms with van der Waals surface area (Å²) in [5, 5.41) is 0. The van der Waals surface area contributed by atoms with Crippen molar-refractivity contribution < 1.29 is 4.79 Å². The molecule has 0 aromatic heterocycles. The van der Waals surface area contributed by atoms with Gasteiger partial charge in [-0.25, -0.2) is 0 Å². The van der Waals surface area contributed by atoms with Crippen LogP contribution in [0.4, 0.5) is 0 Å². The molecule has 3 nitrogen and oxygen atoms in total. The molecule has 2 atom stereocenters. The van der Waals surface area contributed by atoms with Crippen LogP contribution in [0.15, 0.2) is 0 Å². The van der Waals surface area contributed by atoms with Crippen LogP contribution < -0.4 is 5.73 Å². The van der Waals surface area contributed by atoms with E-state index in [1.54, 1.807) is 0 Å². The highest BCUT2D eigenvalue weighted by Gasteiger charge is 2.43. The number of hydrogen-bond acceptors (Lipinski definition) is 2. The summed E-state index contributed by atoms with van der Waals surface area (Å²) in [5.41, 5.74) is 6.00. The number of rotatable bonds is 2. The van der Waals surface area contributed by atoms with E-state index >= 15 is 0 Å². The van der Waals surface area contributed by atoms with Gasteiger partial charge in [-0.15, -0.1) is 0 Å². The first-order valence-corrected chi connectivity index (χ1v) is 7.12. The summed E-state index contributed by atoms with van der Waals surface area (Å²) < 4.78 is 0. The lowest BCUT2D eigenvalue weighted by Crippen LogP contribution is -2.53. The maximum Gasteiger partial charge on any atom is 0.228 e. The highest BCUT2D eigenvalue weighted by molar-refractivity contribution is 5.83. The van der Waals surface area contributed by atoms with Crippen molar-refractivity contribution in [3.05, 3.63) is 0 Å². The lowest BCUT2D eigenvalue weighted by Gasteiger charge is -2.40. The number of piperidine rings is 1. The molecule has 1 saturated carbocycles. The number of likely N-dealkylation sites (tertiary alicyclic amines) is 1. The van der Waals surface area contributed by atoms with Crippen molar-refractivity contribution in [3.8, 4) is 0 Å². The molecular formula is C14H26N2O. The minimum Gasteiger partial charge on any atom is -0.340 e. The second kappa shape index (κ2) is 4.97. The van der Waals surface area contributed by atoms with Gasteiger partial charge in [0.05, 0.1) is 0 Å². The first-order chi connectivity index (χ1) is 8.07. The third-order valence-electron chi connectivity index (χ3n) is 4.67. The van der Waals surface area contributed by atoms with Gasteiger partial charge in [0, 0.05) is 24.5 Å². The number of nitrogens with zero attached hydrogens (tertiary/aromatic N) is 1. The monoisotopic (exact) mass is 238 g/mol. The molecular weight excluding hydrogens is 212 g/mol. The second-order valence-corrected chi connectivity index (χ2v) is 6.15. The molecule has 17 heavy (non-hydrogen) atoms. The van der Waals surface area contributed by atoms with Crippen LogP contribution in [0.25, 0.3) is 0 Å². The Balaban J connectivity index is 2.08. The van der Waals surface area contributed by atoms with Crippen LogP contribution in [0.2, 0.25) is 0 Å². The first kappa shape index (κ1) is 12.9. The van der Waals surface area contributed by atoms with E-state index in [9.17, 15) is 4.79 Å². The van der Waals surface area contributed by atoms with E-state index in [4.69, 9.17) is 5.73 Å². The summed E-state index contributed by atoms with van der Waals surface area (Å²) in [4.78, 5) is 14.8. The van der Waals surface area contributed by atoms with E-state index in [0.29, 0.717) is 11.8 Å². The molecule has 1 aliphatic carbocycles. The van der Waals surface area contributed by atoms with E-state index in [0.717, 1.165) is 38.8 Å². The van der Waals surface area contributed by atoms with E-state index in [-0.39, 0.29) is 11.5 Å². The van der Waals surface area contributed by atoms with Crippen molar-refractivity contribution in [2.45, 2.75) is 58.4 Å². The highest BCUT2D eigenvalue weighted by Crippen LogP contribution is 2.43. The number of carbonyl (C=O) groups excluding carboxylic acids is 1. The Morgan fingerprint density at radius 3 is 2.53 bits per heavy atom. The Kier molecular flexibility index (Phi) is 3.76. The summed E-state index contributed by atoms with van der Waals surface area (Å²) in [6, 6.07) is 0.179. The Hall–Kier alpha value is -0.570. The summed E-state index contributed by atoms with van der Waals surface area (Å²) in [6.45, 7) is 6.04. The topological polar surface area (TPSA) is 46.3 Å². The Morgan fingerprint density at radius 1 is 1.35 bits per heavy atom. The van der Waals surface area contributed by atoms with Crippen LogP contribution in [-0.4, -0.2) is 29.9 Å². The number of nitrogens with two attached hydrogens (primary N) is 1. The molecule has 2 fully saturated rings. The van der Waals surface area contributed by atoms with E-state index in [2.05, 4.69) is 13.8 Å². The molecule has 2 unspecified atom stereocenters. The van der Waals surface area contributed by atoms with Gasteiger partial charge in [0.1, 0.15) is 0 Å². The molecule has 1 amide bonds. The maximum atomic E-state index is 12.7. The zero-order valence-electron chi connectivity index (χ0n) is 11.2. The van der Waals surface area contributed by atoms with Gasteiger partial charge in [-0.1, -0.05) is 26.7 Å². The highest BCUT2D eigenvalue weighted by atomic mass is 16.2. The molecule has 1 saturated heterocycles. The summed E-state index contributed by atoms with van der Waals surface area (Å²) in [6.07, 6.45) is 6.66. The van der Waals surface area contributed by atoms with Crippen LogP contribution in [0.5, 0.6) is 0 Å². The molecule has 2 rings (SSSR count). The van der Waals surface area contributed by atoms with Gasteiger partial charge < -0.3 is 10.6 Å². The van der Waals surface area contributed by atoms with Gasteiger partial charge in [-0.05, 0) is 31.6 Å². The quantitative estimate of drug-likeness (QED) is 0.801. The third kappa shape index (κ3) is 2.49. The van der Waals surface area contributed by atoms with E-state index < -0.39 is 0 Å². The molecule has 3 heteroatoms. The minimum atomic E-state index is -0.0449. The summed E-state index contributed by atoms with van der Waals surface area (Å²) in [5.74, 6) is 0.942. The fourth-order valence-corrected chi connectivity index (χ4v) is 3.67. The average molecular weight is 238 g/mol. The normalized spacial score (nSPS) is 32.8. The van der Waals surface area contributed by atoms with Crippen LogP contribution in [0, 0.1) is 11.3 Å². The van der Waals surface area contributed by atoms with E-state index in [1.165, 1.54) is 12.8 Å². The Bertz CT molecular complexity index is 274. The fourth-order valence-electron chi connectivity index (χ4n) is 3.67. The van der Waals surface area contributed by atoms with Crippen molar-refractivity contribution in [1.29, 1.82) is 0 Å². The van der Waals surface area contributed by atoms with Crippen LogP contribution >= 0.6 is 0 Å². The largest absolute Gasteiger partial charge is 0.340 e. The standard InChI is InChI=1S/C14H26N2O/c1-3-14(6-4-5-7-14)13(17)16-9-11(2)8-12(15)10-16/h11-12H,3-10,15H2,1-2H3. The van der Waals surface area contributed by atoms with Crippen molar-refractivity contribution in [2.24, 2.45) is 17.1 Å². The predicted octanol–water partition coefficient (Wildman–Crippen LogP) is 2.15. The fraction of sp³-hybridized carbons (Fsp3) is 0.929. The molecule has 0 aromatic rings. The molecule has 2 aliphatic rings. The third-order valence-corrected chi connectivity index (χ3v) is 4.67. The maximum absolute atomic E-state index is 12.7. The summed E-state index contributed by atoms with van der Waals surface area (Å²) >= 11 is 0. The molecule has 1 aliphatic heterocycles. The Labute approximate surface area is 105 Å². The molecule has 2 N–H and O–H groups in total. The zero-order chi connectivity index (χ0) is 12.5. The smallest absolute Gasteiger partial charge is 0.228 e. The predicted molar refractivity (Wildman–Crippen MR) is 69.5 cm³/mol. The average Bonchev–Trinajstić information content (AvgIpc) is 2.76. The van der Waals surface area contributed by atoms with Crippen LogP contribution in [0.1, 0.15) is 52.4 Å². The number of amides is 1. The van der Waals surface area contributed by atoms with Gasteiger partial charge in [-0.2, -0.15) is 0 Å². The van der Waals surface area contributed by atoms with E-state index in [1.807, 2.05) is 4.90 Å². The van der Waals surface area contributed by atoms with Gasteiger partial charge in [0.2, 0.25) is 5.91 Å². The molecule has 0 bridgehead atoms. The molecule has 0 radical (unpaired) electrons. The van der Waals surface area contributed by atoms with Crippen molar-refractivity contribution in [3.63, 3.8) is 0 Å². The van der Waals surface area contributed by atoms with Gasteiger partial charge in [0.15, 0.2) is 0 Å². The second-order valence-electron chi connectivity index (χ2n) is 6.15. The van der Waals surface area contributed by atoms with Crippen molar-refractivity contribution in [1.82, 2.24) is 4.90 Å². The van der Waals surface area contributed by atoms with Gasteiger partial charge in [0.25, 0.3) is 0 Å². The number of hydrogen-bond donors (Lipinski definition) is 1. The SMILES string of the molecule is CCC1(C(=O)N2CC(C)CC(N)C2)CCCC1. The zero-order valence-corrected chi connectivity index (χ0v) is 11.2. The van der Waals surface area contributed by atoms with Crippen LogP contribution in [-0.2, 0) is 4.79 Å². The summed E-state index contributed by atoms with van der Waals surface area (Å²) in [7, 11) is 0. The Morgan fingerprint density at radius 2 is 2.00 bits per heavy atom. The molecule has 1 heterocycles. The van der Waals surface area contributed by atoms with Crippen molar-refractivity contribution >= 4 is 5.91 Å². The minimum absolute atomic E-state index is 0.0449. The van der Waals surface area contributed by atoms with Crippen LogP contribution in [0.3, 0.4) is 0 Å². The van der Waals surface area contributed by atoms with Gasteiger partial charge >= 0.3 is 0 Å². The lowest BCUT2D eigenvalue weighted by atomic mass is 9.81. The van der Waals surface area contributed by atoms with Gasteiger partial charge in [-0.3, -0.25) is 4.79 Å². The lowest BCUT2D eigenvalue weighted by molar-refractivity contribution is -0.144. The number of carbonyl (C=O) groups is 1.